The second-order valence-corrected chi connectivity index (χ2v) is 6.44. The Morgan fingerprint density at radius 1 is 1.14 bits per heavy atom. The number of anilines is 1. The van der Waals surface area contributed by atoms with Gasteiger partial charge in [0.25, 0.3) is 5.91 Å². The van der Waals surface area contributed by atoms with Crippen molar-refractivity contribution in [3.63, 3.8) is 0 Å². The molecule has 0 radical (unpaired) electrons. The van der Waals surface area contributed by atoms with Crippen LogP contribution in [0.2, 0.25) is 0 Å². The van der Waals surface area contributed by atoms with E-state index in [1.807, 2.05) is 43.3 Å². The molecule has 114 valence electrons. The number of nitrogens with zero attached hydrogens (tertiary/aromatic N) is 1. The second kappa shape index (κ2) is 6.56. The van der Waals surface area contributed by atoms with Crippen molar-refractivity contribution < 1.29 is 4.79 Å². The van der Waals surface area contributed by atoms with Crippen LogP contribution in [0.25, 0.3) is 6.08 Å². The number of hydrogen-bond acceptors (Lipinski definition) is 2. The number of hydrogen-bond donors (Lipinski definition) is 1. The Labute approximate surface area is 132 Å². The van der Waals surface area contributed by atoms with Crippen molar-refractivity contribution in [3.8, 4) is 0 Å². The monoisotopic (exact) mass is 294 g/mol. The normalized spacial score (nSPS) is 11.6. The SMILES string of the molecule is Cc1cccnc1NC(=O)c1ccc(/C=C/C(C)(C)C)cc1. The molecule has 3 heteroatoms. The van der Waals surface area contributed by atoms with E-state index in [1.54, 1.807) is 6.20 Å². The molecular weight excluding hydrogens is 272 g/mol. The van der Waals surface area contributed by atoms with Crippen LogP contribution in [0.1, 0.15) is 42.3 Å². The lowest BCUT2D eigenvalue weighted by Crippen LogP contribution is -2.13. The molecule has 2 aromatic rings. The Hall–Kier alpha value is -2.42. The van der Waals surface area contributed by atoms with E-state index in [2.05, 4.69) is 43.2 Å². The van der Waals surface area contributed by atoms with Crippen LogP contribution in [-0.4, -0.2) is 10.9 Å². The lowest BCUT2D eigenvalue weighted by Gasteiger charge is -2.11. The van der Waals surface area contributed by atoms with Crippen LogP contribution in [0.4, 0.5) is 5.82 Å². The molecule has 0 fully saturated rings. The van der Waals surface area contributed by atoms with Crippen molar-refractivity contribution in [1.82, 2.24) is 4.98 Å². The first-order valence-corrected chi connectivity index (χ1v) is 7.37. The summed E-state index contributed by atoms with van der Waals surface area (Å²) in [6.07, 6.45) is 5.90. The number of pyridine rings is 1. The van der Waals surface area contributed by atoms with Crippen LogP contribution in [0.3, 0.4) is 0 Å². The van der Waals surface area contributed by atoms with E-state index in [-0.39, 0.29) is 11.3 Å². The van der Waals surface area contributed by atoms with Gasteiger partial charge in [0.1, 0.15) is 5.82 Å². The van der Waals surface area contributed by atoms with Crippen LogP contribution < -0.4 is 5.32 Å². The van der Waals surface area contributed by atoms with E-state index in [9.17, 15) is 4.79 Å². The molecule has 1 amide bonds. The summed E-state index contributed by atoms with van der Waals surface area (Å²) in [7, 11) is 0. The maximum atomic E-state index is 12.2. The highest BCUT2D eigenvalue weighted by atomic mass is 16.1. The molecule has 0 saturated heterocycles. The first-order chi connectivity index (χ1) is 10.3. The largest absolute Gasteiger partial charge is 0.306 e. The van der Waals surface area contributed by atoms with Gasteiger partial charge in [-0.05, 0) is 41.7 Å². The number of rotatable bonds is 3. The Kier molecular flexibility index (Phi) is 4.76. The van der Waals surface area contributed by atoms with Crippen molar-refractivity contribution in [2.45, 2.75) is 27.7 Å². The summed E-state index contributed by atoms with van der Waals surface area (Å²) < 4.78 is 0. The molecule has 0 spiro atoms. The maximum Gasteiger partial charge on any atom is 0.256 e. The smallest absolute Gasteiger partial charge is 0.256 e. The zero-order valence-corrected chi connectivity index (χ0v) is 13.6. The van der Waals surface area contributed by atoms with Crippen LogP contribution in [0.15, 0.2) is 48.7 Å². The van der Waals surface area contributed by atoms with Crippen molar-refractivity contribution in [2.75, 3.05) is 5.32 Å². The van der Waals surface area contributed by atoms with Crippen molar-refractivity contribution in [3.05, 3.63) is 65.4 Å². The minimum absolute atomic E-state index is 0.145. The number of allylic oxidation sites excluding steroid dienone is 1. The number of benzene rings is 1. The Morgan fingerprint density at radius 2 is 1.82 bits per heavy atom. The predicted octanol–water partition coefficient (Wildman–Crippen LogP) is 4.70. The quantitative estimate of drug-likeness (QED) is 0.891. The molecule has 1 aromatic heterocycles. The molecule has 2 rings (SSSR count). The van der Waals surface area contributed by atoms with E-state index in [0.29, 0.717) is 11.4 Å². The second-order valence-electron chi connectivity index (χ2n) is 6.44. The molecule has 0 aliphatic rings. The first kappa shape index (κ1) is 16.0. The van der Waals surface area contributed by atoms with Gasteiger partial charge in [-0.1, -0.05) is 51.1 Å². The molecule has 0 saturated carbocycles. The number of amides is 1. The third kappa shape index (κ3) is 4.55. The van der Waals surface area contributed by atoms with Gasteiger partial charge in [0.05, 0.1) is 0 Å². The molecule has 0 aliphatic heterocycles. The van der Waals surface area contributed by atoms with Gasteiger partial charge < -0.3 is 5.32 Å². The molecule has 0 aliphatic carbocycles. The van der Waals surface area contributed by atoms with Gasteiger partial charge in [0, 0.05) is 11.8 Å². The standard InChI is InChI=1S/C19H22N2O/c1-14-6-5-13-20-17(14)21-18(22)16-9-7-15(8-10-16)11-12-19(2,3)4/h5-13H,1-4H3,(H,20,21,22)/b12-11+. The minimum Gasteiger partial charge on any atom is -0.306 e. The lowest BCUT2D eigenvalue weighted by atomic mass is 9.95. The molecule has 1 aromatic carbocycles. The average Bonchev–Trinajstić information content (AvgIpc) is 2.47. The molecule has 1 N–H and O–H groups in total. The topological polar surface area (TPSA) is 42.0 Å². The maximum absolute atomic E-state index is 12.2. The van der Waals surface area contributed by atoms with Gasteiger partial charge in [0.2, 0.25) is 0 Å². The number of carbonyl (C=O) groups excluding carboxylic acids is 1. The zero-order valence-electron chi connectivity index (χ0n) is 13.6. The van der Waals surface area contributed by atoms with Crippen LogP contribution in [0, 0.1) is 12.3 Å². The highest BCUT2D eigenvalue weighted by Gasteiger charge is 2.08. The molecule has 0 bridgehead atoms. The fourth-order valence-corrected chi connectivity index (χ4v) is 1.89. The Morgan fingerprint density at radius 3 is 2.41 bits per heavy atom. The van der Waals surface area contributed by atoms with E-state index in [1.165, 1.54) is 0 Å². The highest BCUT2D eigenvalue weighted by Crippen LogP contribution is 2.18. The summed E-state index contributed by atoms with van der Waals surface area (Å²) >= 11 is 0. The molecule has 22 heavy (non-hydrogen) atoms. The summed E-state index contributed by atoms with van der Waals surface area (Å²) in [5, 5.41) is 2.83. The van der Waals surface area contributed by atoms with E-state index >= 15 is 0 Å². The molecule has 0 unspecified atom stereocenters. The first-order valence-electron chi connectivity index (χ1n) is 7.37. The van der Waals surface area contributed by atoms with E-state index < -0.39 is 0 Å². The van der Waals surface area contributed by atoms with Crippen molar-refractivity contribution in [2.24, 2.45) is 5.41 Å². The summed E-state index contributed by atoms with van der Waals surface area (Å²) in [5.41, 5.74) is 2.80. The summed E-state index contributed by atoms with van der Waals surface area (Å²) in [6.45, 7) is 8.38. The van der Waals surface area contributed by atoms with Crippen LogP contribution in [-0.2, 0) is 0 Å². The fraction of sp³-hybridized carbons (Fsp3) is 0.263. The number of carbonyl (C=O) groups is 1. The molecule has 3 nitrogen and oxygen atoms in total. The van der Waals surface area contributed by atoms with Gasteiger partial charge in [-0.3, -0.25) is 4.79 Å². The fourth-order valence-electron chi connectivity index (χ4n) is 1.89. The number of aromatic nitrogens is 1. The zero-order chi connectivity index (χ0) is 16.2. The Balaban J connectivity index is 2.09. The lowest BCUT2D eigenvalue weighted by molar-refractivity contribution is 0.102. The minimum atomic E-state index is -0.145. The summed E-state index contributed by atoms with van der Waals surface area (Å²) in [5.74, 6) is 0.456. The molecular formula is C19H22N2O. The van der Waals surface area contributed by atoms with E-state index in [4.69, 9.17) is 0 Å². The summed E-state index contributed by atoms with van der Waals surface area (Å²) in [6, 6.07) is 11.3. The van der Waals surface area contributed by atoms with Crippen molar-refractivity contribution >= 4 is 17.8 Å². The average molecular weight is 294 g/mol. The van der Waals surface area contributed by atoms with Crippen LogP contribution in [0.5, 0.6) is 0 Å². The van der Waals surface area contributed by atoms with Gasteiger partial charge >= 0.3 is 0 Å². The van der Waals surface area contributed by atoms with Gasteiger partial charge in [-0.25, -0.2) is 4.98 Å². The van der Waals surface area contributed by atoms with Gasteiger partial charge in [-0.15, -0.1) is 0 Å². The third-order valence-corrected chi connectivity index (χ3v) is 3.19. The van der Waals surface area contributed by atoms with E-state index in [0.717, 1.165) is 11.1 Å². The van der Waals surface area contributed by atoms with Gasteiger partial charge in [-0.2, -0.15) is 0 Å². The van der Waals surface area contributed by atoms with Crippen LogP contribution >= 0.6 is 0 Å². The third-order valence-electron chi connectivity index (χ3n) is 3.19. The predicted molar refractivity (Wildman–Crippen MR) is 91.9 cm³/mol. The van der Waals surface area contributed by atoms with Crippen molar-refractivity contribution in [1.29, 1.82) is 0 Å². The number of nitrogens with one attached hydrogen (secondary N) is 1. The summed E-state index contributed by atoms with van der Waals surface area (Å²) in [4.78, 5) is 16.4. The highest BCUT2D eigenvalue weighted by molar-refractivity contribution is 6.04. The Bertz CT molecular complexity index is 679. The molecule has 0 atom stereocenters. The van der Waals surface area contributed by atoms with Gasteiger partial charge in [0.15, 0.2) is 0 Å². The number of aryl methyl sites for hydroxylation is 1. The molecule has 1 heterocycles.